The highest BCUT2D eigenvalue weighted by molar-refractivity contribution is 14.0. The van der Waals surface area contributed by atoms with Gasteiger partial charge in [-0.25, -0.2) is 4.99 Å². The maximum Gasteiger partial charge on any atom is 0.274 e. The topological polar surface area (TPSA) is 80.0 Å². The van der Waals surface area contributed by atoms with E-state index >= 15 is 0 Å². The molecule has 2 rings (SSSR count). The zero-order chi connectivity index (χ0) is 18.8. The molecule has 0 fully saturated rings. The van der Waals surface area contributed by atoms with Crippen molar-refractivity contribution in [2.45, 2.75) is 13.5 Å². The number of para-hydroxylation sites is 2. The third-order valence-electron chi connectivity index (χ3n) is 3.72. The van der Waals surface area contributed by atoms with Gasteiger partial charge >= 0.3 is 0 Å². The monoisotopic (exact) mass is 484 g/mol. The Morgan fingerprint density at radius 3 is 2.52 bits per heavy atom. The summed E-state index contributed by atoms with van der Waals surface area (Å²) in [5.74, 6) is 1.50. The molecule has 0 unspecified atom stereocenters. The van der Waals surface area contributed by atoms with Gasteiger partial charge in [-0.05, 0) is 19.1 Å². The highest BCUT2D eigenvalue weighted by Gasteiger charge is 2.12. The van der Waals surface area contributed by atoms with E-state index in [0.717, 1.165) is 5.75 Å². The van der Waals surface area contributed by atoms with Crippen LogP contribution in [-0.4, -0.2) is 42.5 Å². The lowest BCUT2D eigenvalue weighted by molar-refractivity contribution is -0.385. The van der Waals surface area contributed by atoms with Crippen molar-refractivity contribution in [1.82, 2.24) is 10.2 Å². The Morgan fingerprint density at radius 2 is 1.85 bits per heavy atom. The van der Waals surface area contributed by atoms with E-state index in [-0.39, 0.29) is 41.1 Å². The maximum atomic E-state index is 11.1. The fraction of sp³-hybridized carbons (Fsp3) is 0.316. The number of likely N-dealkylation sites (N-methyl/N-ethyl adjacent to an activating group) is 1. The number of benzene rings is 2. The second kappa shape index (κ2) is 12.1. The van der Waals surface area contributed by atoms with Gasteiger partial charge in [-0.15, -0.1) is 24.0 Å². The molecule has 2 aromatic rings. The van der Waals surface area contributed by atoms with Crippen LogP contribution in [0, 0.1) is 10.1 Å². The molecule has 0 spiro atoms. The van der Waals surface area contributed by atoms with Crippen LogP contribution in [0.4, 0.5) is 5.69 Å². The molecule has 2 aromatic carbocycles. The van der Waals surface area contributed by atoms with Crippen molar-refractivity contribution in [3.63, 3.8) is 0 Å². The van der Waals surface area contributed by atoms with Crippen molar-refractivity contribution in [3.05, 3.63) is 70.3 Å². The summed E-state index contributed by atoms with van der Waals surface area (Å²) < 4.78 is 5.70. The number of halogens is 1. The van der Waals surface area contributed by atoms with Crippen molar-refractivity contribution in [3.8, 4) is 5.75 Å². The van der Waals surface area contributed by atoms with Gasteiger partial charge in [-0.2, -0.15) is 0 Å². The molecule has 0 heterocycles. The number of hydrogen-bond donors (Lipinski definition) is 1. The zero-order valence-corrected chi connectivity index (χ0v) is 17.8. The number of nitrogens with zero attached hydrogens (tertiary/aromatic N) is 3. The Labute approximate surface area is 176 Å². The van der Waals surface area contributed by atoms with Crippen LogP contribution >= 0.6 is 24.0 Å². The summed E-state index contributed by atoms with van der Waals surface area (Å²) in [4.78, 5) is 17.2. The van der Waals surface area contributed by atoms with Gasteiger partial charge in [0.25, 0.3) is 5.69 Å². The lowest BCUT2D eigenvalue weighted by Gasteiger charge is -2.22. The summed E-state index contributed by atoms with van der Waals surface area (Å²) in [5.41, 5.74) is 0.670. The summed E-state index contributed by atoms with van der Waals surface area (Å²) in [7, 11) is 1.91. The molecule has 7 nitrogen and oxygen atoms in total. The second-order valence-corrected chi connectivity index (χ2v) is 5.64. The summed E-state index contributed by atoms with van der Waals surface area (Å²) in [6.45, 7) is 4.08. The summed E-state index contributed by atoms with van der Waals surface area (Å²) >= 11 is 0. The van der Waals surface area contributed by atoms with Gasteiger partial charge < -0.3 is 15.0 Å². The van der Waals surface area contributed by atoms with Gasteiger partial charge in [0.2, 0.25) is 0 Å². The normalized spacial score (nSPS) is 10.7. The van der Waals surface area contributed by atoms with Gasteiger partial charge in [-0.1, -0.05) is 36.4 Å². The molecule has 0 saturated heterocycles. The number of aliphatic imine (C=N–C) groups is 1. The minimum Gasteiger partial charge on any atom is -0.492 e. The van der Waals surface area contributed by atoms with E-state index in [4.69, 9.17) is 4.74 Å². The molecular formula is C19H25IN4O3. The Balaban J connectivity index is 0.00000364. The molecule has 27 heavy (non-hydrogen) atoms. The molecule has 0 aliphatic carbocycles. The average molecular weight is 484 g/mol. The Bertz CT molecular complexity index is 741. The fourth-order valence-corrected chi connectivity index (χ4v) is 2.38. The number of nitro benzene ring substituents is 1. The van der Waals surface area contributed by atoms with Crippen LogP contribution in [-0.2, 0) is 6.54 Å². The molecule has 0 radical (unpaired) electrons. The molecular weight excluding hydrogens is 459 g/mol. The number of guanidine groups is 1. The first-order valence-corrected chi connectivity index (χ1v) is 8.51. The first-order chi connectivity index (χ1) is 12.6. The van der Waals surface area contributed by atoms with Gasteiger partial charge in [0.1, 0.15) is 12.4 Å². The zero-order valence-electron chi connectivity index (χ0n) is 15.5. The van der Waals surface area contributed by atoms with Crippen molar-refractivity contribution in [2.24, 2.45) is 4.99 Å². The predicted molar refractivity (Wildman–Crippen MR) is 118 cm³/mol. The third-order valence-corrected chi connectivity index (χ3v) is 3.72. The van der Waals surface area contributed by atoms with E-state index in [2.05, 4.69) is 10.3 Å². The van der Waals surface area contributed by atoms with E-state index in [0.29, 0.717) is 31.2 Å². The number of ether oxygens (including phenoxy) is 1. The van der Waals surface area contributed by atoms with Crippen molar-refractivity contribution in [1.29, 1.82) is 0 Å². The van der Waals surface area contributed by atoms with Gasteiger partial charge in [0, 0.05) is 19.7 Å². The fourth-order valence-electron chi connectivity index (χ4n) is 2.38. The van der Waals surface area contributed by atoms with Crippen molar-refractivity contribution in [2.75, 3.05) is 26.7 Å². The van der Waals surface area contributed by atoms with E-state index in [1.165, 1.54) is 6.07 Å². The van der Waals surface area contributed by atoms with Gasteiger partial charge in [0.15, 0.2) is 5.96 Å². The van der Waals surface area contributed by atoms with E-state index in [1.54, 1.807) is 18.2 Å². The average Bonchev–Trinajstić information content (AvgIpc) is 2.66. The quantitative estimate of drug-likeness (QED) is 0.203. The van der Waals surface area contributed by atoms with E-state index in [9.17, 15) is 10.1 Å². The first kappa shape index (κ1) is 22.7. The molecule has 0 aliphatic rings. The molecule has 0 atom stereocenters. The molecule has 0 bridgehead atoms. The van der Waals surface area contributed by atoms with Crippen LogP contribution in [0.25, 0.3) is 0 Å². The Morgan fingerprint density at radius 1 is 1.19 bits per heavy atom. The molecule has 0 aromatic heterocycles. The third kappa shape index (κ3) is 7.41. The van der Waals surface area contributed by atoms with Gasteiger partial charge in [0.05, 0.1) is 23.6 Å². The van der Waals surface area contributed by atoms with Crippen LogP contribution in [0.2, 0.25) is 0 Å². The number of nitrogens with one attached hydrogen (secondary N) is 1. The minimum absolute atomic E-state index is 0. The first-order valence-electron chi connectivity index (χ1n) is 8.51. The predicted octanol–water partition coefficient (Wildman–Crippen LogP) is 3.69. The smallest absolute Gasteiger partial charge is 0.274 e. The van der Waals surface area contributed by atoms with Crippen LogP contribution in [0.3, 0.4) is 0 Å². The van der Waals surface area contributed by atoms with Crippen LogP contribution in [0.1, 0.15) is 12.5 Å². The van der Waals surface area contributed by atoms with E-state index in [1.807, 2.05) is 49.2 Å². The lowest BCUT2D eigenvalue weighted by Crippen LogP contribution is -2.40. The summed E-state index contributed by atoms with van der Waals surface area (Å²) in [6.07, 6.45) is 0. The van der Waals surface area contributed by atoms with E-state index < -0.39 is 0 Å². The second-order valence-electron chi connectivity index (χ2n) is 5.64. The van der Waals surface area contributed by atoms with Crippen LogP contribution in [0.5, 0.6) is 5.75 Å². The minimum atomic E-state index is -0.380. The van der Waals surface area contributed by atoms with Crippen LogP contribution in [0.15, 0.2) is 59.6 Å². The number of hydrogen-bond acceptors (Lipinski definition) is 4. The van der Waals surface area contributed by atoms with Crippen molar-refractivity contribution >= 4 is 35.6 Å². The molecule has 0 saturated carbocycles. The highest BCUT2D eigenvalue weighted by atomic mass is 127. The lowest BCUT2D eigenvalue weighted by atomic mass is 10.2. The van der Waals surface area contributed by atoms with Crippen LogP contribution < -0.4 is 10.1 Å². The molecule has 0 amide bonds. The molecule has 1 N–H and O–H groups in total. The summed E-state index contributed by atoms with van der Waals surface area (Å²) in [6, 6.07) is 16.3. The largest absolute Gasteiger partial charge is 0.492 e. The summed E-state index contributed by atoms with van der Waals surface area (Å²) in [5, 5.41) is 14.3. The Hall–Kier alpha value is -2.36. The number of nitro groups is 1. The number of rotatable bonds is 8. The maximum absolute atomic E-state index is 11.1. The highest BCUT2D eigenvalue weighted by Crippen LogP contribution is 2.18. The molecule has 146 valence electrons. The molecule has 8 heteroatoms. The van der Waals surface area contributed by atoms with Crippen molar-refractivity contribution < 1.29 is 9.66 Å². The SMILES string of the molecule is CCNC(=NCc1ccccc1[N+](=O)[O-])N(C)CCOc1ccccc1.I. The standard InChI is InChI=1S/C19H24N4O3.HI/c1-3-20-19(21-15-16-9-7-8-12-18(16)23(24)25)22(2)13-14-26-17-10-5-4-6-11-17;/h4-12H,3,13-15H2,1-2H3,(H,20,21);1H. The Kier molecular flexibility index (Phi) is 10.2. The van der Waals surface area contributed by atoms with Gasteiger partial charge in [-0.3, -0.25) is 10.1 Å². The molecule has 0 aliphatic heterocycles.